The van der Waals surface area contributed by atoms with Crippen molar-refractivity contribution in [1.29, 1.82) is 0 Å². The fraction of sp³-hybridized carbons (Fsp3) is 0.429. The molecule has 1 unspecified atom stereocenters. The molecule has 0 aliphatic carbocycles. The lowest BCUT2D eigenvalue weighted by atomic mass is 10.00. The fourth-order valence-electron chi connectivity index (χ4n) is 2.66. The van der Waals surface area contributed by atoms with Crippen LogP contribution in [0.5, 0.6) is 0 Å². The molecule has 1 aromatic carbocycles. The van der Waals surface area contributed by atoms with E-state index in [9.17, 15) is 9.90 Å². The second-order valence-corrected chi connectivity index (χ2v) is 7.67. The van der Waals surface area contributed by atoms with Crippen molar-refractivity contribution in [1.82, 2.24) is 15.5 Å². The normalized spacial score (nSPS) is 13.6. The van der Waals surface area contributed by atoms with Gasteiger partial charge in [0, 0.05) is 33.1 Å². The number of thiophene rings is 1. The van der Waals surface area contributed by atoms with Crippen molar-refractivity contribution in [3.05, 3.63) is 58.3 Å². The second-order valence-electron chi connectivity index (χ2n) is 6.89. The molecule has 152 valence electrons. The summed E-state index contributed by atoms with van der Waals surface area (Å²) in [6, 6.07) is 11.8. The van der Waals surface area contributed by atoms with Gasteiger partial charge in [-0.25, -0.2) is 4.99 Å². The molecule has 6 nitrogen and oxygen atoms in total. The molecule has 2 rings (SSSR count). The van der Waals surface area contributed by atoms with Gasteiger partial charge in [-0.05, 0) is 41.8 Å². The molecule has 1 atom stereocenters. The van der Waals surface area contributed by atoms with Crippen LogP contribution >= 0.6 is 11.3 Å². The summed E-state index contributed by atoms with van der Waals surface area (Å²) in [5.41, 5.74) is 0.945. The predicted octanol–water partition coefficient (Wildman–Crippen LogP) is 2.56. The highest BCUT2D eigenvalue weighted by Gasteiger charge is 2.23. The number of nitrogens with zero attached hydrogens (tertiary/aromatic N) is 2. The average Bonchev–Trinajstić information content (AvgIpc) is 3.22. The van der Waals surface area contributed by atoms with Crippen LogP contribution in [0.4, 0.5) is 0 Å². The lowest BCUT2D eigenvalue weighted by Gasteiger charge is -2.21. The average molecular weight is 403 g/mol. The third kappa shape index (κ3) is 6.98. The lowest BCUT2D eigenvalue weighted by molar-refractivity contribution is -0.130. The van der Waals surface area contributed by atoms with Crippen LogP contribution in [0, 0.1) is 0 Å². The Bertz CT molecular complexity index is 745. The van der Waals surface area contributed by atoms with Crippen LogP contribution < -0.4 is 10.6 Å². The number of guanidine groups is 1. The van der Waals surface area contributed by atoms with Gasteiger partial charge in [-0.15, -0.1) is 0 Å². The highest BCUT2D eigenvalue weighted by Crippen LogP contribution is 2.23. The van der Waals surface area contributed by atoms with Gasteiger partial charge in [0.1, 0.15) is 5.60 Å². The smallest absolute Gasteiger partial charge is 0.224 e. The monoisotopic (exact) mass is 402 g/mol. The first-order valence-electron chi connectivity index (χ1n) is 9.47. The van der Waals surface area contributed by atoms with E-state index >= 15 is 0 Å². The largest absolute Gasteiger partial charge is 0.383 e. The number of hydrogen-bond donors (Lipinski definition) is 3. The van der Waals surface area contributed by atoms with Crippen LogP contribution in [0.3, 0.4) is 0 Å². The number of carbonyl (C=O) groups excluding carboxylic acids is 1. The fourth-order valence-corrected chi connectivity index (χ4v) is 3.44. The van der Waals surface area contributed by atoms with E-state index in [1.54, 1.807) is 23.2 Å². The number of hydrogen-bond acceptors (Lipinski definition) is 4. The standard InChI is InChI=1S/C21H30N4O2S/c1-4-22-20(24-16-21(2,27)18-11-13-28-15-18)23-12-10-19(26)25(3)14-17-8-6-5-7-9-17/h5-9,11,13,15,27H,4,10,12,14,16H2,1-3H3,(H2,22,23,24). The maximum absolute atomic E-state index is 12.3. The molecule has 0 bridgehead atoms. The van der Waals surface area contributed by atoms with E-state index in [2.05, 4.69) is 15.6 Å². The van der Waals surface area contributed by atoms with E-state index in [4.69, 9.17) is 0 Å². The van der Waals surface area contributed by atoms with Gasteiger partial charge in [-0.2, -0.15) is 11.3 Å². The summed E-state index contributed by atoms with van der Waals surface area (Å²) >= 11 is 1.55. The first-order chi connectivity index (χ1) is 13.4. The Morgan fingerprint density at radius 3 is 2.64 bits per heavy atom. The third-order valence-electron chi connectivity index (χ3n) is 4.35. The number of rotatable bonds is 9. The van der Waals surface area contributed by atoms with Crippen molar-refractivity contribution in [3.63, 3.8) is 0 Å². The van der Waals surface area contributed by atoms with Gasteiger partial charge in [0.15, 0.2) is 5.96 Å². The van der Waals surface area contributed by atoms with E-state index in [1.807, 2.05) is 61.1 Å². The summed E-state index contributed by atoms with van der Waals surface area (Å²) in [5.74, 6) is 0.661. The number of carbonyl (C=O) groups is 1. The van der Waals surface area contributed by atoms with Crippen LogP contribution in [0.2, 0.25) is 0 Å². The highest BCUT2D eigenvalue weighted by atomic mass is 32.1. The van der Waals surface area contributed by atoms with Gasteiger partial charge in [-0.1, -0.05) is 30.3 Å². The first kappa shape index (κ1) is 21.9. The molecule has 0 aliphatic heterocycles. The maximum Gasteiger partial charge on any atom is 0.224 e. The summed E-state index contributed by atoms with van der Waals surface area (Å²) < 4.78 is 0. The summed E-state index contributed by atoms with van der Waals surface area (Å²) in [5, 5.41) is 20.8. The molecular formula is C21H30N4O2S. The van der Waals surface area contributed by atoms with Gasteiger partial charge >= 0.3 is 0 Å². The van der Waals surface area contributed by atoms with Crippen LogP contribution in [0.1, 0.15) is 31.4 Å². The van der Waals surface area contributed by atoms with Crippen LogP contribution in [0.25, 0.3) is 0 Å². The molecule has 0 fully saturated rings. The van der Waals surface area contributed by atoms with Crippen molar-refractivity contribution in [2.75, 3.05) is 26.7 Å². The van der Waals surface area contributed by atoms with Crippen molar-refractivity contribution >= 4 is 23.2 Å². The van der Waals surface area contributed by atoms with Gasteiger partial charge in [0.05, 0.1) is 6.54 Å². The van der Waals surface area contributed by atoms with E-state index in [0.717, 1.165) is 11.1 Å². The minimum Gasteiger partial charge on any atom is -0.383 e. The zero-order valence-corrected chi connectivity index (χ0v) is 17.6. The number of aliphatic imine (C=N–C) groups is 1. The molecule has 28 heavy (non-hydrogen) atoms. The Hall–Kier alpha value is -2.38. The van der Waals surface area contributed by atoms with Crippen molar-refractivity contribution in [3.8, 4) is 0 Å². The Kier molecular flexibility index (Phi) is 8.47. The molecule has 0 saturated carbocycles. The molecule has 0 aliphatic rings. The molecule has 0 saturated heterocycles. The van der Waals surface area contributed by atoms with Gasteiger partial charge in [-0.3, -0.25) is 4.79 Å². The van der Waals surface area contributed by atoms with Crippen molar-refractivity contribution < 1.29 is 9.90 Å². The van der Waals surface area contributed by atoms with Crippen molar-refractivity contribution in [2.45, 2.75) is 32.4 Å². The SMILES string of the molecule is CCNC(=NCC(C)(O)c1ccsc1)NCCC(=O)N(C)Cc1ccccc1. The molecule has 0 radical (unpaired) electrons. The van der Waals surface area contributed by atoms with Crippen LogP contribution in [-0.4, -0.2) is 48.6 Å². The minimum atomic E-state index is -1.02. The number of aliphatic hydroxyl groups is 1. The van der Waals surface area contributed by atoms with E-state index in [1.165, 1.54) is 0 Å². The number of benzene rings is 1. The summed E-state index contributed by atoms with van der Waals surface area (Å²) in [6.07, 6.45) is 0.370. The zero-order chi connectivity index (χ0) is 20.4. The topological polar surface area (TPSA) is 77.0 Å². The minimum absolute atomic E-state index is 0.0671. The lowest BCUT2D eigenvalue weighted by Crippen LogP contribution is -2.40. The number of nitrogens with one attached hydrogen (secondary N) is 2. The van der Waals surface area contributed by atoms with Crippen LogP contribution in [-0.2, 0) is 16.9 Å². The molecule has 3 N–H and O–H groups in total. The van der Waals surface area contributed by atoms with Crippen LogP contribution in [0.15, 0.2) is 52.2 Å². The molecule has 0 spiro atoms. The van der Waals surface area contributed by atoms with E-state index < -0.39 is 5.60 Å². The van der Waals surface area contributed by atoms with Gasteiger partial charge in [0.2, 0.25) is 5.91 Å². The zero-order valence-electron chi connectivity index (χ0n) is 16.8. The Balaban J connectivity index is 1.82. The maximum atomic E-state index is 12.3. The highest BCUT2D eigenvalue weighted by molar-refractivity contribution is 7.08. The molecule has 1 heterocycles. The van der Waals surface area contributed by atoms with E-state index in [0.29, 0.717) is 32.0 Å². The molecular weight excluding hydrogens is 372 g/mol. The van der Waals surface area contributed by atoms with Gasteiger partial charge in [0.25, 0.3) is 0 Å². The Labute approximate surface area is 171 Å². The molecule has 7 heteroatoms. The molecule has 2 aromatic rings. The predicted molar refractivity (Wildman–Crippen MR) is 115 cm³/mol. The summed E-state index contributed by atoms with van der Waals surface area (Å²) in [6.45, 7) is 5.74. The molecule has 1 amide bonds. The Morgan fingerprint density at radius 2 is 2.00 bits per heavy atom. The number of amides is 1. The quantitative estimate of drug-likeness (QED) is 0.445. The Morgan fingerprint density at radius 1 is 1.25 bits per heavy atom. The summed E-state index contributed by atoms with van der Waals surface area (Å²) in [7, 11) is 1.81. The van der Waals surface area contributed by atoms with Gasteiger partial charge < -0.3 is 20.6 Å². The summed E-state index contributed by atoms with van der Waals surface area (Å²) in [4.78, 5) is 18.5. The van der Waals surface area contributed by atoms with E-state index in [-0.39, 0.29) is 12.5 Å². The first-order valence-corrected chi connectivity index (χ1v) is 10.4. The third-order valence-corrected chi connectivity index (χ3v) is 5.04. The van der Waals surface area contributed by atoms with Crippen molar-refractivity contribution in [2.24, 2.45) is 4.99 Å². The second kappa shape index (κ2) is 10.8. The molecule has 1 aromatic heterocycles.